The topological polar surface area (TPSA) is 37.4 Å². The maximum absolute atomic E-state index is 11.3. The van der Waals surface area contributed by atoms with Crippen molar-refractivity contribution in [2.75, 3.05) is 29.5 Å². The molecule has 0 spiro atoms. The minimum absolute atomic E-state index is 0.255. The Labute approximate surface area is 96.3 Å². The third kappa shape index (κ3) is 2.44. The molecule has 1 aliphatic rings. The summed E-state index contributed by atoms with van der Waals surface area (Å²) >= 11 is 0. The van der Waals surface area contributed by atoms with Gasteiger partial charge in [0.2, 0.25) is 0 Å². The highest BCUT2D eigenvalue weighted by molar-refractivity contribution is 7.91. The highest BCUT2D eigenvalue weighted by Gasteiger charge is 2.21. The van der Waals surface area contributed by atoms with Crippen LogP contribution in [-0.2, 0) is 9.84 Å². The Hall–Kier alpha value is -1.29. The molecular formula is C12H15NO2S. The van der Waals surface area contributed by atoms with Crippen molar-refractivity contribution in [2.45, 2.75) is 0 Å². The van der Waals surface area contributed by atoms with Crippen LogP contribution < -0.4 is 4.90 Å². The molecular weight excluding hydrogens is 222 g/mol. The van der Waals surface area contributed by atoms with E-state index in [0.29, 0.717) is 13.1 Å². The summed E-state index contributed by atoms with van der Waals surface area (Å²) in [4.78, 5) is 2.11. The standard InChI is InChI=1S/C12H15NO2S/c1-2-11-4-3-5-12(10-11)13-6-8-16(14,15)9-7-13/h2-5,10H,1,6-9H2. The van der Waals surface area contributed by atoms with Crippen molar-refractivity contribution in [3.63, 3.8) is 0 Å². The second-order valence-corrected chi connectivity index (χ2v) is 6.24. The van der Waals surface area contributed by atoms with Gasteiger partial charge >= 0.3 is 0 Å². The lowest BCUT2D eigenvalue weighted by Crippen LogP contribution is -2.40. The van der Waals surface area contributed by atoms with Crippen molar-refractivity contribution < 1.29 is 8.42 Å². The maximum Gasteiger partial charge on any atom is 0.153 e. The molecule has 1 aromatic rings. The maximum atomic E-state index is 11.3. The van der Waals surface area contributed by atoms with Crippen LogP contribution >= 0.6 is 0 Å². The molecule has 0 aliphatic carbocycles. The van der Waals surface area contributed by atoms with E-state index in [1.807, 2.05) is 24.3 Å². The molecule has 1 heterocycles. The summed E-state index contributed by atoms with van der Waals surface area (Å²) in [7, 11) is -2.80. The molecule has 0 atom stereocenters. The van der Waals surface area contributed by atoms with Gasteiger partial charge in [0.25, 0.3) is 0 Å². The Balaban J connectivity index is 2.16. The predicted octanol–water partition coefficient (Wildman–Crippen LogP) is 1.56. The summed E-state index contributed by atoms with van der Waals surface area (Å²) in [5, 5.41) is 0. The lowest BCUT2D eigenvalue weighted by atomic mass is 10.2. The van der Waals surface area contributed by atoms with E-state index in [9.17, 15) is 8.42 Å². The Morgan fingerprint density at radius 2 is 1.94 bits per heavy atom. The van der Waals surface area contributed by atoms with Gasteiger partial charge < -0.3 is 4.90 Å². The number of hydrogen-bond donors (Lipinski definition) is 0. The molecule has 0 bridgehead atoms. The van der Waals surface area contributed by atoms with Gasteiger partial charge in [-0.15, -0.1) is 0 Å². The Morgan fingerprint density at radius 1 is 1.25 bits per heavy atom. The van der Waals surface area contributed by atoms with Crippen molar-refractivity contribution >= 4 is 21.6 Å². The van der Waals surface area contributed by atoms with Crippen LogP contribution in [0.5, 0.6) is 0 Å². The zero-order valence-corrected chi connectivity index (χ0v) is 9.91. The molecule has 0 aromatic heterocycles. The van der Waals surface area contributed by atoms with E-state index in [0.717, 1.165) is 11.3 Å². The molecule has 3 nitrogen and oxygen atoms in total. The first kappa shape index (κ1) is 11.2. The quantitative estimate of drug-likeness (QED) is 0.783. The van der Waals surface area contributed by atoms with E-state index in [2.05, 4.69) is 11.5 Å². The van der Waals surface area contributed by atoms with Gasteiger partial charge in [0, 0.05) is 18.8 Å². The normalized spacial score (nSPS) is 19.4. The summed E-state index contributed by atoms with van der Waals surface area (Å²) < 4.78 is 22.6. The molecule has 1 aromatic carbocycles. The van der Waals surface area contributed by atoms with Crippen LogP contribution in [0.4, 0.5) is 5.69 Å². The Kier molecular flexibility index (Phi) is 3.01. The number of hydrogen-bond acceptors (Lipinski definition) is 3. The molecule has 1 aliphatic heterocycles. The minimum Gasteiger partial charge on any atom is -0.369 e. The highest BCUT2D eigenvalue weighted by Crippen LogP contribution is 2.19. The van der Waals surface area contributed by atoms with E-state index in [-0.39, 0.29) is 11.5 Å². The minimum atomic E-state index is -2.80. The van der Waals surface area contributed by atoms with Crippen molar-refractivity contribution in [3.8, 4) is 0 Å². The van der Waals surface area contributed by atoms with E-state index >= 15 is 0 Å². The molecule has 0 N–H and O–H groups in total. The van der Waals surface area contributed by atoms with Gasteiger partial charge in [0.1, 0.15) is 0 Å². The average Bonchev–Trinajstić information content (AvgIpc) is 2.29. The third-order valence-electron chi connectivity index (χ3n) is 2.82. The van der Waals surface area contributed by atoms with Crippen molar-refractivity contribution in [1.82, 2.24) is 0 Å². The molecule has 1 saturated heterocycles. The molecule has 4 heteroatoms. The number of sulfone groups is 1. The fourth-order valence-corrected chi connectivity index (χ4v) is 3.02. The first-order chi connectivity index (χ1) is 7.61. The first-order valence-electron chi connectivity index (χ1n) is 5.29. The lowest BCUT2D eigenvalue weighted by molar-refractivity contribution is 0.587. The van der Waals surface area contributed by atoms with Gasteiger partial charge in [-0.1, -0.05) is 24.8 Å². The van der Waals surface area contributed by atoms with Gasteiger partial charge in [0.15, 0.2) is 9.84 Å². The second kappa shape index (κ2) is 4.29. The summed E-state index contributed by atoms with van der Waals surface area (Å²) in [6, 6.07) is 7.99. The van der Waals surface area contributed by atoms with Crippen molar-refractivity contribution in [1.29, 1.82) is 0 Å². The van der Waals surface area contributed by atoms with E-state index in [1.165, 1.54) is 0 Å². The van der Waals surface area contributed by atoms with Gasteiger partial charge in [-0.2, -0.15) is 0 Å². The Bertz CT molecular complexity index is 479. The Morgan fingerprint density at radius 3 is 2.56 bits per heavy atom. The smallest absolute Gasteiger partial charge is 0.153 e. The van der Waals surface area contributed by atoms with Crippen LogP contribution in [0.1, 0.15) is 5.56 Å². The largest absolute Gasteiger partial charge is 0.369 e. The number of anilines is 1. The summed E-state index contributed by atoms with van der Waals surface area (Å²) in [6.45, 7) is 4.90. The van der Waals surface area contributed by atoms with Crippen LogP contribution in [-0.4, -0.2) is 33.0 Å². The average molecular weight is 237 g/mol. The number of rotatable bonds is 2. The van der Waals surface area contributed by atoms with Crippen LogP contribution in [0.2, 0.25) is 0 Å². The van der Waals surface area contributed by atoms with Crippen molar-refractivity contribution in [2.24, 2.45) is 0 Å². The van der Waals surface area contributed by atoms with Gasteiger partial charge in [-0.05, 0) is 17.7 Å². The molecule has 16 heavy (non-hydrogen) atoms. The fourth-order valence-electron chi connectivity index (χ4n) is 1.82. The SMILES string of the molecule is C=Cc1cccc(N2CCS(=O)(=O)CC2)c1. The third-order valence-corrected chi connectivity index (χ3v) is 4.42. The van der Waals surface area contributed by atoms with E-state index < -0.39 is 9.84 Å². The molecule has 0 saturated carbocycles. The molecule has 0 amide bonds. The van der Waals surface area contributed by atoms with Crippen molar-refractivity contribution in [3.05, 3.63) is 36.4 Å². The van der Waals surface area contributed by atoms with Gasteiger partial charge in [-0.25, -0.2) is 8.42 Å². The van der Waals surface area contributed by atoms with E-state index in [1.54, 1.807) is 6.08 Å². The summed E-state index contributed by atoms with van der Waals surface area (Å²) in [6.07, 6.45) is 1.80. The molecule has 1 fully saturated rings. The second-order valence-electron chi connectivity index (χ2n) is 3.94. The lowest BCUT2D eigenvalue weighted by Gasteiger charge is -2.28. The molecule has 0 radical (unpaired) electrons. The number of benzene rings is 1. The fraction of sp³-hybridized carbons (Fsp3) is 0.333. The summed E-state index contributed by atoms with van der Waals surface area (Å²) in [5.41, 5.74) is 2.14. The predicted molar refractivity (Wildman–Crippen MR) is 67.4 cm³/mol. The van der Waals surface area contributed by atoms with Gasteiger partial charge in [0.05, 0.1) is 11.5 Å². The van der Waals surface area contributed by atoms with Crippen LogP contribution in [0, 0.1) is 0 Å². The molecule has 86 valence electrons. The van der Waals surface area contributed by atoms with Crippen LogP contribution in [0.15, 0.2) is 30.8 Å². The molecule has 2 rings (SSSR count). The zero-order valence-electron chi connectivity index (χ0n) is 9.09. The van der Waals surface area contributed by atoms with Crippen LogP contribution in [0.3, 0.4) is 0 Å². The number of nitrogens with zero attached hydrogens (tertiary/aromatic N) is 1. The molecule has 0 unspecified atom stereocenters. The van der Waals surface area contributed by atoms with E-state index in [4.69, 9.17) is 0 Å². The zero-order chi connectivity index (χ0) is 11.6. The highest BCUT2D eigenvalue weighted by atomic mass is 32.2. The first-order valence-corrected chi connectivity index (χ1v) is 7.11. The van der Waals surface area contributed by atoms with Crippen LogP contribution in [0.25, 0.3) is 6.08 Å². The monoisotopic (exact) mass is 237 g/mol. The summed E-state index contributed by atoms with van der Waals surface area (Å²) in [5.74, 6) is 0.511. The van der Waals surface area contributed by atoms with Gasteiger partial charge in [-0.3, -0.25) is 0 Å².